The number of rotatable bonds is 3. The van der Waals surface area contributed by atoms with Crippen LogP contribution in [0.15, 0.2) is 0 Å². The lowest BCUT2D eigenvalue weighted by molar-refractivity contribution is 0.00578. The van der Waals surface area contributed by atoms with Crippen molar-refractivity contribution in [2.24, 2.45) is 5.92 Å². The molecule has 0 atom stereocenters. The van der Waals surface area contributed by atoms with Gasteiger partial charge in [0.05, 0.1) is 6.16 Å². The van der Waals surface area contributed by atoms with Gasteiger partial charge in [-0.1, -0.05) is 32.1 Å². The minimum Gasteiger partial charge on any atom is -0.299 e. The molecule has 1 heterocycles. The molecule has 3 nitrogen and oxygen atoms in total. The van der Waals surface area contributed by atoms with Crippen LogP contribution < -0.4 is 0 Å². The Bertz CT molecular complexity index is 323. The van der Waals surface area contributed by atoms with Gasteiger partial charge in [0.1, 0.15) is 11.2 Å². The minimum absolute atomic E-state index is 0.463. The van der Waals surface area contributed by atoms with E-state index in [0.29, 0.717) is 6.16 Å². The van der Waals surface area contributed by atoms with E-state index >= 15 is 0 Å². The Hall–Kier alpha value is 0.150. The summed E-state index contributed by atoms with van der Waals surface area (Å²) in [4.78, 5) is 0. The van der Waals surface area contributed by atoms with E-state index < -0.39 is 18.8 Å². The van der Waals surface area contributed by atoms with Gasteiger partial charge < -0.3 is 0 Å². The lowest BCUT2D eigenvalue weighted by Gasteiger charge is -2.29. The van der Waals surface area contributed by atoms with Crippen molar-refractivity contribution in [1.82, 2.24) is 0 Å². The van der Waals surface area contributed by atoms with Gasteiger partial charge in [0, 0.05) is 0 Å². The second-order valence-corrected chi connectivity index (χ2v) is 8.86. The normalized spacial score (nSPS) is 30.4. The monoisotopic (exact) mass is 274 g/mol. The molecule has 2 rings (SSSR count). The smallest absolute Gasteiger partial charge is 0.299 e. The average Bonchev–Trinajstić information content (AvgIpc) is 2.42. The van der Waals surface area contributed by atoms with Crippen molar-refractivity contribution < 1.29 is 13.6 Å². The van der Waals surface area contributed by atoms with Crippen LogP contribution in [-0.4, -0.2) is 17.4 Å². The van der Waals surface area contributed by atoms with Gasteiger partial charge in [-0.3, -0.25) is 13.6 Å². The Morgan fingerprint density at radius 1 is 1.00 bits per heavy atom. The maximum absolute atomic E-state index is 12.6. The summed E-state index contributed by atoms with van der Waals surface area (Å²) in [6.07, 6.45) is 8.16. The lowest BCUT2D eigenvalue weighted by atomic mass is 9.88. The van der Waals surface area contributed by atoms with Gasteiger partial charge in [-0.15, -0.1) is 0 Å². The second kappa shape index (κ2) is 4.92. The molecule has 0 radical (unpaired) electrons. The highest BCUT2D eigenvalue weighted by molar-refractivity contribution is 7.54. The fourth-order valence-electron chi connectivity index (χ4n) is 2.84. The number of hydrogen-bond acceptors (Lipinski definition) is 3. The topological polar surface area (TPSA) is 35.5 Å². The van der Waals surface area contributed by atoms with Crippen LogP contribution in [0.5, 0.6) is 0 Å². The molecule has 0 spiro atoms. The van der Waals surface area contributed by atoms with E-state index in [2.05, 4.69) is 0 Å². The highest BCUT2D eigenvalue weighted by Gasteiger charge is 2.54. The van der Waals surface area contributed by atoms with Gasteiger partial charge >= 0.3 is 7.60 Å². The molecule has 0 aromatic rings. The van der Waals surface area contributed by atoms with Crippen molar-refractivity contribution in [3.05, 3.63) is 0 Å². The SMILES string of the molecule is CC1(C)OP(=O)(CCC2CCCCC2)OC1(C)C. The standard InChI is InChI=1S/C14H27O3P/c1-13(2)14(3,4)17-18(15,16-13)11-10-12-8-6-5-7-9-12/h12H,5-11H2,1-4H3. The van der Waals surface area contributed by atoms with Crippen molar-refractivity contribution in [1.29, 1.82) is 0 Å². The summed E-state index contributed by atoms with van der Waals surface area (Å²) < 4.78 is 24.2. The van der Waals surface area contributed by atoms with Crippen molar-refractivity contribution >= 4 is 7.60 Å². The Morgan fingerprint density at radius 2 is 1.50 bits per heavy atom. The molecule has 0 aromatic heterocycles. The first-order valence-electron chi connectivity index (χ1n) is 7.25. The Labute approximate surface area is 111 Å². The van der Waals surface area contributed by atoms with Crippen LogP contribution in [0.3, 0.4) is 0 Å². The van der Waals surface area contributed by atoms with E-state index in [4.69, 9.17) is 9.05 Å². The van der Waals surface area contributed by atoms with E-state index in [9.17, 15) is 4.57 Å². The lowest BCUT2D eigenvalue weighted by Crippen LogP contribution is -2.41. The van der Waals surface area contributed by atoms with Crippen molar-refractivity contribution in [3.63, 3.8) is 0 Å². The van der Waals surface area contributed by atoms with Crippen LogP contribution in [0, 0.1) is 5.92 Å². The zero-order valence-corrected chi connectivity index (χ0v) is 13.1. The van der Waals surface area contributed by atoms with Crippen LogP contribution in [0.25, 0.3) is 0 Å². The molecule has 0 amide bonds. The largest absolute Gasteiger partial charge is 0.331 e. The van der Waals surface area contributed by atoms with Gasteiger partial charge in [-0.2, -0.15) is 0 Å². The highest BCUT2D eigenvalue weighted by Crippen LogP contribution is 2.64. The molecule has 0 aromatic carbocycles. The molecule has 106 valence electrons. The van der Waals surface area contributed by atoms with Crippen molar-refractivity contribution in [2.45, 2.75) is 77.4 Å². The van der Waals surface area contributed by atoms with Gasteiger partial charge in [-0.05, 0) is 40.0 Å². The highest BCUT2D eigenvalue weighted by atomic mass is 31.2. The molecule has 1 aliphatic heterocycles. The molecule has 2 fully saturated rings. The van der Waals surface area contributed by atoms with Crippen LogP contribution >= 0.6 is 7.60 Å². The van der Waals surface area contributed by atoms with E-state index in [-0.39, 0.29) is 0 Å². The summed E-state index contributed by atoms with van der Waals surface area (Å²) in [5.74, 6) is 0.726. The summed E-state index contributed by atoms with van der Waals surface area (Å²) in [6, 6.07) is 0. The first kappa shape index (κ1) is 14.6. The zero-order valence-electron chi connectivity index (χ0n) is 12.2. The summed E-state index contributed by atoms with van der Waals surface area (Å²) >= 11 is 0. The predicted octanol–water partition coefficient (Wildman–Crippen LogP) is 4.75. The molecule has 2 aliphatic rings. The molecule has 4 heteroatoms. The maximum Gasteiger partial charge on any atom is 0.331 e. The molecule has 18 heavy (non-hydrogen) atoms. The maximum atomic E-state index is 12.6. The predicted molar refractivity (Wildman–Crippen MR) is 74.0 cm³/mol. The van der Waals surface area contributed by atoms with Crippen LogP contribution in [0.2, 0.25) is 0 Å². The minimum atomic E-state index is -2.88. The molecule has 1 saturated carbocycles. The quantitative estimate of drug-likeness (QED) is 0.696. The molecule has 0 N–H and O–H groups in total. The summed E-state index contributed by atoms with van der Waals surface area (Å²) in [5.41, 5.74) is -0.926. The van der Waals surface area contributed by atoms with E-state index in [0.717, 1.165) is 12.3 Å². The number of hydrogen-bond donors (Lipinski definition) is 0. The van der Waals surface area contributed by atoms with E-state index in [1.807, 2.05) is 27.7 Å². The van der Waals surface area contributed by atoms with E-state index in [1.54, 1.807) is 0 Å². The zero-order chi connectivity index (χ0) is 13.4. The van der Waals surface area contributed by atoms with Gasteiger partial charge in [0.15, 0.2) is 0 Å². The molecular formula is C14H27O3P. The second-order valence-electron chi connectivity index (χ2n) is 6.83. The average molecular weight is 274 g/mol. The van der Waals surface area contributed by atoms with E-state index in [1.165, 1.54) is 32.1 Å². The molecule has 0 unspecified atom stereocenters. The summed E-state index contributed by atoms with van der Waals surface area (Å²) in [7, 11) is -2.88. The van der Waals surface area contributed by atoms with Gasteiger partial charge in [0.25, 0.3) is 0 Å². The molecule has 0 bridgehead atoms. The van der Waals surface area contributed by atoms with Crippen LogP contribution in [-0.2, 0) is 13.6 Å². The van der Waals surface area contributed by atoms with Crippen LogP contribution in [0.1, 0.15) is 66.2 Å². The van der Waals surface area contributed by atoms with Gasteiger partial charge in [-0.25, -0.2) is 0 Å². The Balaban J connectivity index is 1.91. The molecule has 1 saturated heterocycles. The Morgan fingerprint density at radius 3 is 2.00 bits per heavy atom. The third-order valence-electron chi connectivity index (χ3n) is 4.72. The van der Waals surface area contributed by atoms with Crippen molar-refractivity contribution in [3.8, 4) is 0 Å². The summed E-state index contributed by atoms with van der Waals surface area (Å²) in [6.45, 7) is 7.86. The van der Waals surface area contributed by atoms with Crippen molar-refractivity contribution in [2.75, 3.05) is 6.16 Å². The Kier molecular flexibility index (Phi) is 3.98. The molecule has 1 aliphatic carbocycles. The summed E-state index contributed by atoms with van der Waals surface area (Å²) in [5, 5.41) is 0. The first-order chi connectivity index (χ1) is 8.24. The molecular weight excluding hydrogens is 247 g/mol. The fraction of sp³-hybridized carbons (Fsp3) is 1.00. The van der Waals surface area contributed by atoms with Gasteiger partial charge in [0.2, 0.25) is 0 Å². The third kappa shape index (κ3) is 3.00. The third-order valence-corrected chi connectivity index (χ3v) is 7.00. The first-order valence-corrected chi connectivity index (χ1v) is 8.97. The van der Waals surface area contributed by atoms with Crippen LogP contribution in [0.4, 0.5) is 0 Å². The fourth-order valence-corrected chi connectivity index (χ4v) is 5.57.